The van der Waals surface area contributed by atoms with Crippen LogP contribution in [0.15, 0.2) is 50.3 Å². The maximum atomic E-state index is 12.0. The monoisotopic (exact) mass is 465 g/mol. The lowest BCUT2D eigenvalue weighted by Crippen LogP contribution is -3.00. The highest BCUT2D eigenvalue weighted by molar-refractivity contribution is 9.10. The second-order valence-corrected chi connectivity index (χ2v) is 7.00. The minimum atomic E-state index is -0.350. The Bertz CT molecular complexity index is 999. The molecule has 0 N–H and O–H groups in total. The third-order valence-electron chi connectivity index (χ3n) is 4.57. The molecule has 2 aromatic heterocycles. The molecule has 4 rings (SSSR count). The summed E-state index contributed by atoms with van der Waals surface area (Å²) < 4.78 is 14.3. The highest BCUT2D eigenvalue weighted by atomic mass is 79.9. The van der Waals surface area contributed by atoms with Gasteiger partial charge >= 0.3 is 5.63 Å². The van der Waals surface area contributed by atoms with Gasteiger partial charge in [-0.3, -0.25) is 0 Å². The molecule has 1 aromatic carbocycles. The number of benzene rings is 1. The van der Waals surface area contributed by atoms with E-state index in [0.717, 1.165) is 35.2 Å². The second kappa shape index (κ2) is 6.92. The van der Waals surface area contributed by atoms with Gasteiger partial charge in [0.1, 0.15) is 15.8 Å². The van der Waals surface area contributed by atoms with Gasteiger partial charge in [-0.15, -0.1) is 0 Å². The smallest absolute Gasteiger partial charge is 0.350 e. The van der Waals surface area contributed by atoms with Crippen LogP contribution in [-0.2, 0) is 13.0 Å². The summed E-state index contributed by atoms with van der Waals surface area (Å²) in [7, 11) is 0. The van der Waals surface area contributed by atoms with E-state index in [-0.39, 0.29) is 28.7 Å². The van der Waals surface area contributed by atoms with Crippen LogP contribution in [0.25, 0.3) is 11.0 Å². The molecule has 0 amide bonds. The topological polar surface area (TPSA) is 43.3 Å². The van der Waals surface area contributed by atoms with Crippen molar-refractivity contribution in [2.75, 3.05) is 0 Å². The second-order valence-electron chi connectivity index (χ2n) is 6.21. The standard InChI is InChI=1S/C19H17BrNO3.BrH/c1-11-15-9-13-8-14(10-21-6-4-3-5-7-21)23-17(13)12(2)18(15)24-19(22)16(11)20;/h3-7,9,14H,8,10H2,1-2H3;1H/q+1;/p-1. The van der Waals surface area contributed by atoms with Crippen LogP contribution in [0, 0.1) is 13.8 Å². The van der Waals surface area contributed by atoms with Crippen LogP contribution in [0.3, 0.4) is 0 Å². The summed E-state index contributed by atoms with van der Waals surface area (Å²) >= 11 is 3.32. The fourth-order valence-electron chi connectivity index (χ4n) is 3.33. The first kappa shape index (κ1) is 18.1. The van der Waals surface area contributed by atoms with Crippen LogP contribution in [0.4, 0.5) is 0 Å². The summed E-state index contributed by atoms with van der Waals surface area (Å²) in [6, 6.07) is 8.12. The minimum absolute atomic E-state index is 0. The van der Waals surface area contributed by atoms with Crippen molar-refractivity contribution < 1.29 is 30.7 Å². The zero-order chi connectivity index (χ0) is 16.8. The van der Waals surface area contributed by atoms with Gasteiger partial charge in [0, 0.05) is 29.5 Å². The van der Waals surface area contributed by atoms with Crippen molar-refractivity contribution in [3.05, 3.63) is 68.2 Å². The van der Waals surface area contributed by atoms with Crippen molar-refractivity contribution in [1.29, 1.82) is 0 Å². The molecule has 1 atom stereocenters. The number of halogens is 2. The van der Waals surface area contributed by atoms with Gasteiger partial charge in [0.25, 0.3) is 0 Å². The summed E-state index contributed by atoms with van der Waals surface area (Å²) in [5.74, 6) is 0.855. The molecule has 0 aliphatic carbocycles. The Labute approximate surface area is 164 Å². The number of nitrogens with zero attached hydrogens (tertiary/aromatic N) is 1. The molecule has 0 fully saturated rings. The lowest BCUT2D eigenvalue weighted by molar-refractivity contribution is -0.702. The highest BCUT2D eigenvalue weighted by Crippen LogP contribution is 2.38. The van der Waals surface area contributed by atoms with Crippen LogP contribution in [0.2, 0.25) is 0 Å². The fourth-order valence-corrected chi connectivity index (χ4v) is 3.63. The molecule has 3 aromatic rings. The zero-order valence-electron chi connectivity index (χ0n) is 13.9. The lowest BCUT2D eigenvalue weighted by atomic mass is 10.0. The number of pyridine rings is 1. The molecule has 130 valence electrons. The molecule has 3 heterocycles. The Morgan fingerprint density at radius 3 is 2.64 bits per heavy atom. The number of fused-ring (bicyclic) bond motifs is 2. The van der Waals surface area contributed by atoms with Gasteiger partial charge in [-0.05, 0) is 47.0 Å². The SMILES string of the molecule is Cc1c(Br)c(=O)oc2c(C)c3c(cc12)CC(C[n+]1ccccc1)O3.[Br-]. The fraction of sp³-hybridized carbons (Fsp3) is 0.263. The van der Waals surface area contributed by atoms with Gasteiger partial charge in [-0.2, -0.15) is 0 Å². The Hall–Kier alpha value is -1.66. The largest absolute Gasteiger partial charge is 1.00 e. The summed E-state index contributed by atoms with van der Waals surface area (Å²) in [6.45, 7) is 4.68. The third-order valence-corrected chi connectivity index (χ3v) is 5.49. The van der Waals surface area contributed by atoms with Crippen molar-refractivity contribution in [2.24, 2.45) is 0 Å². The molecule has 1 aliphatic rings. The number of hydrogen-bond acceptors (Lipinski definition) is 3. The Kier molecular flexibility index (Phi) is 5.02. The van der Waals surface area contributed by atoms with Crippen LogP contribution in [0.5, 0.6) is 5.75 Å². The zero-order valence-corrected chi connectivity index (χ0v) is 17.1. The molecular weight excluding hydrogens is 450 g/mol. The summed E-state index contributed by atoms with van der Waals surface area (Å²) in [5.41, 5.74) is 3.25. The predicted octanol–water partition coefficient (Wildman–Crippen LogP) is 0.468. The minimum Gasteiger partial charge on any atom is -1.00 e. The first-order valence-electron chi connectivity index (χ1n) is 7.90. The predicted molar refractivity (Wildman–Crippen MR) is 94.4 cm³/mol. The highest BCUT2D eigenvalue weighted by Gasteiger charge is 2.29. The molecule has 0 bridgehead atoms. The molecule has 0 saturated heterocycles. The van der Waals surface area contributed by atoms with Gasteiger partial charge in [0.2, 0.25) is 0 Å². The van der Waals surface area contributed by atoms with Crippen molar-refractivity contribution in [2.45, 2.75) is 32.9 Å². The van der Waals surface area contributed by atoms with Gasteiger partial charge in [0.05, 0.1) is 0 Å². The van der Waals surface area contributed by atoms with E-state index in [9.17, 15) is 4.79 Å². The van der Waals surface area contributed by atoms with Crippen LogP contribution >= 0.6 is 15.9 Å². The molecule has 6 heteroatoms. The molecule has 4 nitrogen and oxygen atoms in total. The molecular formula is C19H17Br2NO3. The third kappa shape index (κ3) is 3.13. The van der Waals surface area contributed by atoms with E-state index < -0.39 is 0 Å². The summed E-state index contributed by atoms with van der Waals surface area (Å²) in [4.78, 5) is 12.0. The van der Waals surface area contributed by atoms with E-state index in [2.05, 4.69) is 26.6 Å². The molecule has 1 unspecified atom stereocenters. The van der Waals surface area contributed by atoms with Gasteiger partial charge < -0.3 is 26.1 Å². The van der Waals surface area contributed by atoms with Crippen molar-refractivity contribution in [1.82, 2.24) is 0 Å². The average Bonchev–Trinajstić information content (AvgIpc) is 2.98. The van der Waals surface area contributed by atoms with Crippen LogP contribution < -0.4 is 31.9 Å². The van der Waals surface area contributed by atoms with Crippen LogP contribution in [-0.4, -0.2) is 6.10 Å². The Morgan fingerprint density at radius 1 is 1.20 bits per heavy atom. The normalized spacial score (nSPS) is 15.6. The Morgan fingerprint density at radius 2 is 1.92 bits per heavy atom. The molecule has 25 heavy (non-hydrogen) atoms. The first-order chi connectivity index (χ1) is 11.5. The molecule has 0 radical (unpaired) electrons. The molecule has 1 aliphatic heterocycles. The maximum Gasteiger partial charge on any atom is 0.350 e. The average molecular weight is 467 g/mol. The number of hydrogen-bond donors (Lipinski definition) is 0. The van der Waals surface area contributed by atoms with E-state index in [4.69, 9.17) is 9.15 Å². The molecule has 0 spiro atoms. The van der Waals surface area contributed by atoms with Gasteiger partial charge in [0.15, 0.2) is 25.0 Å². The lowest BCUT2D eigenvalue weighted by Gasteiger charge is -2.10. The summed E-state index contributed by atoms with van der Waals surface area (Å²) in [6.07, 6.45) is 5.01. The first-order valence-corrected chi connectivity index (χ1v) is 8.70. The van der Waals surface area contributed by atoms with Gasteiger partial charge in [-0.1, -0.05) is 6.07 Å². The van der Waals surface area contributed by atoms with E-state index in [1.54, 1.807) is 0 Å². The maximum absolute atomic E-state index is 12.0. The number of aryl methyl sites for hydroxylation is 2. The summed E-state index contributed by atoms with van der Waals surface area (Å²) in [5, 5.41) is 0.967. The number of ether oxygens (including phenoxy) is 1. The van der Waals surface area contributed by atoms with Gasteiger partial charge in [-0.25, -0.2) is 9.36 Å². The quantitative estimate of drug-likeness (QED) is 0.407. The Balaban J connectivity index is 0.00000182. The van der Waals surface area contributed by atoms with Crippen molar-refractivity contribution >= 4 is 26.9 Å². The van der Waals surface area contributed by atoms with Crippen molar-refractivity contribution in [3.63, 3.8) is 0 Å². The van der Waals surface area contributed by atoms with Crippen molar-refractivity contribution in [3.8, 4) is 5.75 Å². The molecule has 0 saturated carbocycles. The van der Waals surface area contributed by atoms with E-state index in [1.807, 2.05) is 44.4 Å². The van der Waals surface area contributed by atoms with Crippen LogP contribution in [0.1, 0.15) is 16.7 Å². The number of rotatable bonds is 2. The van der Waals surface area contributed by atoms with E-state index >= 15 is 0 Å². The number of aromatic nitrogens is 1. The van der Waals surface area contributed by atoms with E-state index in [0.29, 0.717) is 10.1 Å². The van der Waals surface area contributed by atoms with E-state index in [1.165, 1.54) is 5.56 Å².